The number of carbonyl (C=O) groups is 3. The molecule has 0 saturated carbocycles. The standard InChI is InChI=1S/C30H29FN2O9S/c1-20(34)40-21(2)41-29(36)33-19-39-28(35)27(33)16-22-7-6-10-26(15-22)43(37,38)32-17-30(18-32,23-8-4-3-5-9-23)42-25-13-11-24(31)12-14-25/h3-15,21,27H,16-19H2,1-2H3/t21?,27-/m0/s1. The predicted octanol–water partition coefficient (Wildman–Crippen LogP) is 3.58. The largest absolute Gasteiger partial charge is 0.480 e. The van der Waals surface area contributed by atoms with E-state index in [1.807, 2.05) is 30.3 Å². The van der Waals surface area contributed by atoms with Crippen LogP contribution < -0.4 is 4.74 Å². The number of sulfonamides is 1. The first-order valence-electron chi connectivity index (χ1n) is 13.4. The highest BCUT2D eigenvalue weighted by Gasteiger charge is 2.52. The van der Waals surface area contributed by atoms with Gasteiger partial charge in [-0.3, -0.25) is 9.69 Å². The quantitative estimate of drug-likeness (QED) is 0.263. The van der Waals surface area contributed by atoms with Crippen LogP contribution in [-0.4, -0.2) is 67.8 Å². The second-order valence-electron chi connectivity index (χ2n) is 10.2. The normalized spacial score (nSPS) is 18.7. The van der Waals surface area contributed by atoms with Crippen molar-refractivity contribution in [3.8, 4) is 5.75 Å². The number of amides is 1. The Labute approximate surface area is 247 Å². The number of benzene rings is 3. The summed E-state index contributed by atoms with van der Waals surface area (Å²) in [6, 6.07) is 19.7. The second kappa shape index (κ2) is 12.0. The first kappa shape index (κ1) is 30.0. The number of hydrogen-bond acceptors (Lipinski definition) is 9. The Balaban J connectivity index is 1.31. The summed E-state index contributed by atoms with van der Waals surface area (Å²) in [6.45, 7) is 2.17. The Kier molecular flexibility index (Phi) is 8.38. The maximum absolute atomic E-state index is 13.7. The molecule has 1 amide bonds. The highest BCUT2D eigenvalue weighted by Crippen LogP contribution is 2.40. The van der Waals surface area contributed by atoms with E-state index in [4.69, 9.17) is 18.9 Å². The molecule has 3 aromatic carbocycles. The molecule has 0 aliphatic carbocycles. The van der Waals surface area contributed by atoms with E-state index in [0.29, 0.717) is 11.3 Å². The molecule has 0 radical (unpaired) electrons. The van der Waals surface area contributed by atoms with Crippen LogP contribution in [0.2, 0.25) is 0 Å². The highest BCUT2D eigenvalue weighted by atomic mass is 32.2. The van der Waals surface area contributed by atoms with Crippen LogP contribution >= 0.6 is 0 Å². The van der Waals surface area contributed by atoms with Crippen molar-refractivity contribution in [2.24, 2.45) is 0 Å². The van der Waals surface area contributed by atoms with Gasteiger partial charge in [-0.05, 0) is 47.5 Å². The van der Waals surface area contributed by atoms with E-state index in [1.54, 1.807) is 12.1 Å². The molecule has 226 valence electrons. The zero-order valence-corrected chi connectivity index (χ0v) is 24.2. The first-order chi connectivity index (χ1) is 20.5. The van der Waals surface area contributed by atoms with Crippen molar-refractivity contribution in [3.05, 3.63) is 95.8 Å². The molecule has 13 heteroatoms. The Morgan fingerprint density at radius 1 is 1.02 bits per heavy atom. The molecule has 3 aromatic rings. The number of esters is 2. The molecular formula is C30H29FN2O9S. The minimum Gasteiger partial charge on any atom is -0.480 e. The van der Waals surface area contributed by atoms with Gasteiger partial charge in [-0.2, -0.15) is 4.31 Å². The molecule has 2 atom stereocenters. The number of halogens is 1. The number of hydrogen-bond donors (Lipinski definition) is 0. The maximum atomic E-state index is 13.7. The molecule has 0 bridgehead atoms. The van der Waals surface area contributed by atoms with E-state index in [-0.39, 0.29) is 31.1 Å². The fourth-order valence-corrected chi connectivity index (χ4v) is 6.57. The number of rotatable bonds is 9. The lowest BCUT2D eigenvalue weighted by Crippen LogP contribution is -2.64. The average Bonchev–Trinajstić information content (AvgIpc) is 3.31. The van der Waals surface area contributed by atoms with Crippen LogP contribution in [0, 0.1) is 5.82 Å². The first-order valence-corrected chi connectivity index (χ1v) is 14.8. The smallest absolute Gasteiger partial charge is 0.416 e. The van der Waals surface area contributed by atoms with E-state index in [9.17, 15) is 27.2 Å². The van der Waals surface area contributed by atoms with Crippen molar-refractivity contribution in [1.29, 1.82) is 0 Å². The molecular weight excluding hydrogens is 583 g/mol. The SMILES string of the molecule is CC(=O)OC(C)OC(=O)N1COC(=O)[C@@H]1Cc1cccc(S(=O)(=O)N2CC(Oc3ccc(F)cc3)(c3ccccc3)C2)c1. The van der Waals surface area contributed by atoms with Crippen LogP contribution in [0.15, 0.2) is 83.8 Å². The van der Waals surface area contributed by atoms with Crippen LogP contribution in [0.4, 0.5) is 9.18 Å². The lowest BCUT2D eigenvalue weighted by Gasteiger charge is -2.48. The lowest BCUT2D eigenvalue weighted by molar-refractivity contribution is -0.163. The van der Waals surface area contributed by atoms with E-state index in [2.05, 4.69) is 0 Å². The molecule has 0 aromatic heterocycles. The van der Waals surface area contributed by atoms with Crippen molar-refractivity contribution >= 4 is 28.1 Å². The third kappa shape index (κ3) is 6.47. The van der Waals surface area contributed by atoms with Gasteiger partial charge in [0.1, 0.15) is 17.6 Å². The zero-order valence-electron chi connectivity index (χ0n) is 23.3. The van der Waals surface area contributed by atoms with Gasteiger partial charge in [0.15, 0.2) is 12.3 Å². The third-order valence-corrected chi connectivity index (χ3v) is 8.87. The van der Waals surface area contributed by atoms with E-state index < -0.39 is 51.8 Å². The fraction of sp³-hybridized carbons (Fsp3) is 0.300. The number of carbonyl (C=O) groups excluding carboxylic acids is 3. The van der Waals surface area contributed by atoms with Crippen LogP contribution in [0.3, 0.4) is 0 Å². The molecule has 1 unspecified atom stereocenters. The molecule has 2 fully saturated rings. The number of cyclic esters (lactones) is 1. The predicted molar refractivity (Wildman–Crippen MR) is 148 cm³/mol. The molecule has 43 heavy (non-hydrogen) atoms. The minimum atomic E-state index is -3.98. The molecule has 11 nitrogen and oxygen atoms in total. The summed E-state index contributed by atoms with van der Waals surface area (Å²) >= 11 is 0. The summed E-state index contributed by atoms with van der Waals surface area (Å²) in [7, 11) is -3.98. The molecule has 0 N–H and O–H groups in total. The molecule has 2 saturated heterocycles. The molecule has 5 rings (SSSR count). The molecule has 2 heterocycles. The molecule has 0 spiro atoms. The van der Waals surface area contributed by atoms with Gasteiger partial charge >= 0.3 is 18.0 Å². The van der Waals surface area contributed by atoms with Crippen LogP contribution in [-0.2, 0) is 45.8 Å². The minimum absolute atomic E-state index is 0.00239. The van der Waals surface area contributed by atoms with Gasteiger partial charge in [0.25, 0.3) is 0 Å². The maximum Gasteiger partial charge on any atom is 0.416 e. The summed E-state index contributed by atoms with van der Waals surface area (Å²) in [5.74, 6) is -1.34. The van der Waals surface area contributed by atoms with Crippen molar-refractivity contribution < 1.29 is 46.1 Å². The van der Waals surface area contributed by atoms with Gasteiger partial charge in [-0.15, -0.1) is 0 Å². The van der Waals surface area contributed by atoms with E-state index in [1.165, 1.54) is 47.6 Å². The average molecular weight is 613 g/mol. The molecule has 2 aliphatic heterocycles. The van der Waals surface area contributed by atoms with Crippen molar-refractivity contribution in [1.82, 2.24) is 9.21 Å². The van der Waals surface area contributed by atoms with Gasteiger partial charge in [0.05, 0.1) is 18.0 Å². The third-order valence-electron chi connectivity index (χ3n) is 7.08. The van der Waals surface area contributed by atoms with E-state index >= 15 is 0 Å². The summed E-state index contributed by atoms with van der Waals surface area (Å²) in [5.41, 5.74) is 0.254. The van der Waals surface area contributed by atoms with Crippen LogP contribution in [0.25, 0.3) is 0 Å². The van der Waals surface area contributed by atoms with Gasteiger partial charge in [-0.1, -0.05) is 42.5 Å². The number of nitrogens with zero attached hydrogens (tertiary/aromatic N) is 2. The number of ether oxygens (including phenoxy) is 4. The highest BCUT2D eigenvalue weighted by molar-refractivity contribution is 7.89. The molecule has 2 aliphatic rings. The Morgan fingerprint density at radius 3 is 2.40 bits per heavy atom. The summed E-state index contributed by atoms with van der Waals surface area (Å²) in [6.07, 6.45) is -2.14. The van der Waals surface area contributed by atoms with E-state index in [0.717, 1.165) is 17.4 Å². The Hall–Kier alpha value is -4.49. The Bertz CT molecular complexity index is 1610. The Morgan fingerprint density at radius 2 is 1.72 bits per heavy atom. The van der Waals surface area contributed by atoms with Crippen molar-refractivity contribution in [2.45, 2.75) is 43.1 Å². The van der Waals surface area contributed by atoms with Gasteiger partial charge in [0, 0.05) is 20.3 Å². The van der Waals surface area contributed by atoms with Gasteiger partial charge in [0.2, 0.25) is 16.3 Å². The summed E-state index contributed by atoms with van der Waals surface area (Å²) < 4.78 is 63.3. The zero-order chi connectivity index (χ0) is 30.8. The second-order valence-corrected chi connectivity index (χ2v) is 12.1. The lowest BCUT2D eigenvalue weighted by atomic mass is 9.87. The topological polar surface area (TPSA) is 129 Å². The van der Waals surface area contributed by atoms with Gasteiger partial charge in [-0.25, -0.2) is 22.4 Å². The fourth-order valence-electron chi connectivity index (χ4n) is 4.96. The summed E-state index contributed by atoms with van der Waals surface area (Å²) in [5, 5.41) is 0. The summed E-state index contributed by atoms with van der Waals surface area (Å²) in [4.78, 5) is 37.2. The van der Waals surface area contributed by atoms with Gasteiger partial charge < -0.3 is 18.9 Å². The van der Waals surface area contributed by atoms with Crippen LogP contribution in [0.5, 0.6) is 5.75 Å². The van der Waals surface area contributed by atoms with Crippen LogP contribution in [0.1, 0.15) is 25.0 Å². The van der Waals surface area contributed by atoms with Crippen molar-refractivity contribution in [3.63, 3.8) is 0 Å². The van der Waals surface area contributed by atoms with Crippen molar-refractivity contribution in [2.75, 3.05) is 19.8 Å². The monoisotopic (exact) mass is 612 g/mol.